The Balaban J connectivity index is 2.14. The lowest BCUT2D eigenvalue weighted by molar-refractivity contribution is -0.136. The Labute approximate surface area is 106 Å². The van der Waals surface area contributed by atoms with Crippen molar-refractivity contribution in [1.29, 1.82) is 0 Å². The molecule has 4 nitrogen and oxygen atoms in total. The van der Waals surface area contributed by atoms with Gasteiger partial charge in [-0.05, 0) is 24.5 Å². The van der Waals surface area contributed by atoms with Crippen LogP contribution in [0.4, 0.5) is 0 Å². The Bertz CT molecular complexity index is 529. The van der Waals surface area contributed by atoms with E-state index in [1.54, 1.807) is 0 Å². The average molecular weight is 244 g/mol. The van der Waals surface area contributed by atoms with Gasteiger partial charge in [-0.2, -0.15) is 0 Å². The number of hydrogen-bond acceptors (Lipinski definition) is 2. The highest BCUT2D eigenvalue weighted by atomic mass is 16.4. The summed E-state index contributed by atoms with van der Waals surface area (Å²) in [6, 6.07) is 7.98. The van der Waals surface area contributed by atoms with Gasteiger partial charge in [-0.3, -0.25) is 4.79 Å². The molecule has 0 aliphatic rings. The molecule has 0 aliphatic carbocycles. The number of aromatic nitrogens is 2. The van der Waals surface area contributed by atoms with Crippen molar-refractivity contribution in [3.8, 4) is 11.3 Å². The van der Waals surface area contributed by atoms with E-state index < -0.39 is 5.97 Å². The molecule has 1 aromatic heterocycles. The number of carboxylic acids is 1. The lowest BCUT2D eigenvalue weighted by Crippen LogP contribution is -1.98. The first-order valence-corrected chi connectivity index (χ1v) is 6.02. The molecule has 1 N–H and O–H groups in total. The van der Waals surface area contributed by atoms with Crippen LogP contribution in [0.5, 0.6) is 0 Å². The SMILES string of the molecule is CCn1cncc1-c1ccc(CCC(=O)O)cc1. The number of nitrogens with zero attached hydrogens (tertiary/aromatic N) is 2. The van der Waals surface area contributed by atoms with Crippen LogP contribution in [0.1, 0.15) is 18.9 Å². The third-order valence-electron chi connectivity index (χ3n) is 2.93. The van der Waals surface area contributed by atoms with Crippen LogP contribution in [0, 0.1) is 0 Å². The van der Waals surface area contributed by atoms with Crippen molar-refractivity contribution < 1.29 is 9.90 Å². The fraction of sp³-hybridized carbons (Fsp3) is 0.286. The van der Waals surface area contributed by atoms with E-state index in [1.807, 2.05) is 36.8 Å². The van der Waals surface area contributed by atoms with Crippen molar-refractivity contribution in [3.63, 3.8) is 0 Å². The van der Waals surface area contributed by atoms with Gasteiger partial charge in [-0.15, -0.1) is 0 Å². The van der Waals surface area contributed by atoms with Crippen LogP contribution in [0.15, 0.2) is 36.8 Å². The smallest absolute Gasteiger partial charge is 0.303 e. The van der Waals surface area contributed by atoms with Gasteiger partial charge in [-0.1, -0.05) is 24.3 Å². The Kier molecular flexibility index (Phi) is 3.77. The van der Waals surface area contributed by atoms with Crippen LogP contribution in [-0.4, -0.2) is 20.6 Å². The molecule has 0 spiro atoms. The van der Waals surface area contributed by atoms with Gasteiger partial charge < -0.3 is 9.67 Å². The van der Waals surface area contributed by atoms with Gasteiger partial charge in [0.15, 0.2) is 0 Å². The van der Waals surface area contributed by atoms with Gasteiger partial charge in [0.25, 0.3) is 0 Å². The minimum atomic E-state index is -0.761. The van der Waals surface area contributed by atoms with Crippen molar-refractivity contribution >= 4 is 5.97 Å². The summed E-state index contributed by atoms with van der Waals surface area (Å²) in [5, 5.41) is 8.64. The van der Waals surface area contributed by atoms with Crippen molar-refractivity contribution in [1.82, 2.24) is 9.55 Å². The molecule has 2 rings (SSSR count). The number of rotatable bonds is 5. The molecule has 1 heterocycles. The fourth-order valence-corrected chi connectivity index (χ4v) is 1.91. The van der Waals surface area contributed by atoms with E-state index in [-0.39, 0.29) is 6.42 Å². The molecule has 18 heavy (non-hydrogen) atoms. The van der Waals surface area contributed by atoms with Crippen molar-refractivity contribution in [3.05, 3.63) is 42.4 Å². The van der Waals surface area contributed by atoms with Crippen LogP contribution in [0.3, 0.4) is 0 Å². The lowest BCUT2D eigenvalue weighted by Gasteiger charge is -2.06. The highest BCUT2D eigenvalue weighted by Gasteiger charge is 2.04. The average Bonchev–Trinajstić information content (AvgIpc) is 2.85. The highest BCUT2D eigenvalue weighted by Crippen LogP contribution is 2.19. The van der Waals surface area contributed by atoms with Crippen molar-refractivity contribution in [2.75, 3.05) is 0 Å². The fourth-order valence-electron chi connectivity index (χ4n) is 1.91. The van der Waals surface area contributed by atoms with E-state index in [4.69, 9.17) is 5.11 Å². The van der Waals surface area contributed by atoms with Crippen LogP contribution < -0.4 is 0 Å². The Morgan fingerprint density at radius 1 is 1.33 bits per heavy atom. The minimum Gasteiger partial charge on any atom is -0.481 e. The molecule has 4 heteroatoms. The van der Waals surface area contributed by atoms with E-state index in [9.17, 15) is 4.79 Å². The number of carboxylic acid groups (broad SMARTS) is 1. The van der Waals surface area contributed by atoms with Gasteiger partial charge in [0.05, 0.1) is 18.2 Å². The lowest BCUT2D eigenvalue weighted by atomic mass is 10.1. The number of aryl methyl sites for hydroxylation is 2. The number of hydrogen-bond donors (Lipinski definition) is 1. The van der Waals surface area contributed by atoms with Crippen LogP contribution in [0.2, 0.25) is 0 Å². The summed E-state index contributed by atoms with van der Waals surface area (Å²) in [4.78, 5) is 14.6. The quantitative estimate of drug-likeness (QED) is 0.879. The molecule has 2 aromatic rings. The second-order valence-electron chi connectivity index (χ2n) is 4.16. The first kappa shape index (κ1) is 12.4. The second-order valence-corrected chi connectivity index (χ2v) is 4.16. The first-order valence-electron chi connectivity index (χ1n) is 6.02. The van der Waals surface area contributed by atoms with E-state index in [1.165, 1.54) is 0 Å². The topological polar surface area (TPSA) is 55.1 Å². The van der Waals surface area contributed by atoms with Gasteiger partial charge in [-0.25, -0.2) is 4.98 Å². The van der Waals surface area contributed by atoms with Gasteiger partial charge in [0.1, 0.15) is 0 Å². The molecule has 0 saturated heterocycles. The summed E-state index contributed by atoms with van der Waals surface area (Å²) in [5.74, 6) is -0.761. The molecule has 0 atom stereocenters. The van der Waals surface area contributed by atoms with E-state index in [0.717, 1.165) is 23.4 Å². The number of aliphatic carboxylic acids is 1. The van der Waals surface area contributed by atoms with Crippen molar-refractivity contribution in [2.45, 2.75) is 26.3 Å². The Morgan fingerprint density at radius 3 is 2.67 bits per heavy atom. The van der Waals surface area contributed by atoms with Crippen molar-refractivity contribution in [2.24, 2.45) is 0 Å². The maximum Gasteiger partial charge on any atom is 0.303 e. The maximum absolute atomic E-state index is 10.5. The minimum absolute atomic E-state index is 0.173. The summed E-state index contributed by atoms with van der Waals surface area (Å²) in [7, 11) is 0. The Hall–Kier alpha value is -2.10. The molecule has 0 aliphatic heterocycles. The standard InChI is InChI=1S/C14H16N2O2/c1-2-16-10-15-9-13(16)12-6-3-11(4-7-12)5-8-14(17)18/h3-4,6-7,9-10H,2,5,8H2,1H3,(H,17,18). The molecule has 0 saturated carbocycles. The molecule has 0 unspecified atom stereocenters. The summed E-state index contributed by atoms with van der Waals surface area (Å²) < 4.78 is 2.08. The van der Waals surface area contributed by atoms with Gasteiger partial charge >= 0.3 is 5.97 Å². The van der Waals surface area contributed by atoms with E-state index in [0.29, 0.717) is 6.42 Å². The third-order valence-corrected chi connectivity index (χ3v) is 2.93. The number of benzene rings is 1. The van der Waals surface area contributed by atoms with Gasteiger partial charge in [0, 0.05) is 13.0 Å². The number of imidazole rings is 1. The monoisotopic (exact) mass is 244 g/mol. The molecule has 1 aromatic carbocycles. The second kappa shape index (κ2) is 5.49. The number of carbonyl (C=O) groups is 1. The molecule has 0 fully saturated rings. The summed E-state index contributed by atoms with van der Waals surface area (Å²) in [6.45, 7) is 2.96. The molecular weight excluding hydrogens is 228 g/mol. The molecule has 94 valence electrons. The van der Waals surface area contributed by atoms with Crippen LogP contribution >= 0.6 is 0 Å². The summed E-state index contributed by atoms with van der Waals surface area (Å²) in [6.07, 6.45) is 4.40. The molecular formula is C14H16N2O2. The molecule has 0 radical (unpaired) electrons. The predicted octanol–water partition coefficient (Wildman–Crippen LogP) is 2.59. The normalized spacial score (nSPS) is 10.5. The largest absolute Gasteiger partial charge is 0.481 e. The molecule has 0 bridgehead atoms. The van der Waals surface area contributed by atoms with E-state index >= 15 is 0 Å². The Morgan fingerprint density at radius 2 is 2.06 bits per heavy atom. The highest BCUT2D eigenvalue weighted by molar-refractivity contribution is 5.67. The zero-order valence-electron chi connectivity index (χ0n) is 10.3. The molecule has 0 amide bonds. The van der Waals surface area contributed by atoms with Crippen LogP contribution in [0.25, 0.3) is 11.3 Å². The zero-order chi connectivity index (χ0) is 13.0. The predicted molar refractivity (Wildman–Crippen MR) is 69.3 cm³/mol. The zero-order valence-corrected chi connectivity index (χ0v) is 10.3. The third kappa shape index (κ3) is 2.77. The summed E-state index contributed by atoms with van der Waals surface area (Å²) in [5.41, 5.74) is 3.24. The van der Waals surface area contributed by atoms with Gasteiger partial charge in [0.2, 0.25) is 0 Å². The van der Waals surface area contributed by atoms with E-state index in [2.05, 4.69) is 16.5 Å². The maximum atomic E-state index is 10.5. The van der Waals surface area contributed by atoms with Crippen LogP contribution in [-0.2, 0) is 17.8 Å². The summed E-state index contributed by atoms with van der Waals surface area (Å²) >= 11 is 0. The first-order chi connectivity index (χ1) is 8.70.